The Hall–Kier alpha value is -2.81. The molecule has 0 aromatic heterocycles. The number of hydrogen-bond donors (Lipinski definition) is 2. The standard InChI is InChI=1S/C16H17N3O3/c1-4-6-12-15(21)19(16(22)17-12)9-13(20)18-14-10(2)7-5-8-11(14)3/h1,5,7-8,12H,6,9H2,2-3H3,(H,17,22)(H,18,20)/t12-/m0/s1. The Kier molecular flexibility index (Phi) is 4.47. The van der Waals surface area contributed by atoms with Crippen LogP contribution in [0.2, 0.25) is 0 Å². The molecule has 1 aliphatic rings. The molecule has 0 unspecified atom stereocenters. The van der Waals surface area contributed by atoms with Crippen molar-refractivity contribution in [2.45, 2.75) is 26.3 Å². The fourth-order valence-corrected chi connectivity index (χ4v) is 2.32. The van der Waals surface area contributed by atoms with Crippen molar-refractivity contribution >= 4 is 23.5 Å². The fourth-order valence-electron chi connectivity index (χ4n) is 2.32. The lowest BCUT2D eigenvalue weighted by Gasteiger charge is -2.15. The van der Waals surface area contributed by atoms with E-state index in [1.165, 1.54) is 0 Å². The molecule has 6 heteroatoms. The zero-order valence-corrected chi connectivity index (χ0v) is 12.5. The van der Waals surface area contributed by atoms with Crippen molar-refractivity contribution in [3.8, 4) is 12.3 Å². The predicted molar refractivity (Wildman–Crippen MR) is 82.0 cm³/mol. The third kappa shape index (κ3) is 3.09. The van der Waals surface area contributed by atoms with E-state index < -0.39 is 23.9 Å². The minimum atomic E-state index is -0.745. The highest BCUT2D eigenvalue weighted by Crippen LogP contribution is 2.19. The highest BCUT2D eigenvalue weighted by atomic mass is 16.2. The van der Waals surface area contributed by atoms with E-state index in [1.54, 1.807) is 0 Å². The van der Waals surface area contributed by atoms with Gasteiger partial charge in [-0.2, -0.15) is 0 Å². The third-order valence-corrected chi connectivity index (χ3v) is 3.48. The van der Waals surface area contributed by atoms with E-state index in [4.69, 9.17) is 6.42 Å². The summed E-state index contributed by atoms with van der Waals surface area (Å²) < 4.78 is 0. The monoisotopic (exact) mass is 299 g/mol. The number of rotatable bonds is 4. The summed E-state index contributed by atoms with van der Waals surface area (Å²) in [7, 11) is 0. The number of carbonyl (C=O) groups is 3. The molecular formula is C16H17N3O3. The van der Waals surface area contributed by atoms with Gasteiger partial charge in [0.25, 0.3) is 5.91 Å². The first kappa shape index (κ1) is 15.6. The van der Waals surface area contributed by atoms with Crippen molar-refractivity contribution in [1.82, 2.24) is 10.2 Å². The molecule has 4 amide bonds. The Labute approximate surface area is 128 Å². The van der Waals surface area contributed by atoms with Crippen LogP contribution < -0.4 is 10.6 Å². The van der Waals surface area contributed by atoms with Crippen molar-refractivity contribution < 1.29 is 14.4 Å². The second kappa shape index (κ2) is 6.31. The van der Waals surface area contributed by atoms with Crippen LogP contribution in [0.15, 0.2) is 18.2 Å². The summed E-state index contributed by atoms with van der Waals surface area (Å²) >= 11 is 0. The lowest BCUT2D eigenvalue weighted by atomic mass is 10.1. The predicted octanol–water partition coefficient (Wildman–Crippen LogP) is 1.19. The van der Waals surface area contributed by atoms with Crippen LogP contribution in [0.3, 0.4) is 0 Å². The first-order valence-corrected chi connectivity index (χ1v) is 6.85. The summed E-state index contributed by atoms with van der Waals surface area (Å²) in [5, 5.41) is 5.20. The second-order valence-corrected chi connectivity index (χ2v) is 5.15. The molecule has 1 fully saturated rings. The van der Waals surface area contributed by atoms with Crippen molar-refractivity contribution in [3.05, 3.63) is 29.3 Å². The van der Waals surface area contributed by atoms with E-state index in [0.29, 0.717) is 5.69 Å². The minimum absolute atomic E-state index is 0.111. The van der Waals surface area contributed by atoms with Crippen molar-refractivity contribution in [2.75, 3.05) is 11.9 Å². The average molecular weight is 299 g/mol. The van der Waals surface area contributed by atoms with Crippen LogP contribution in [0.4, 0.5) is 10.5 Å². The Morgan fingerprint density at radius 1 is 1.36 bits per heavy atom. The van der Waals surface area contributed by atoms with Crippen LogP contribution in [-0.4, -0.2) is 35.3 Å². The minimum Gasteiger partial charge on any atom is -0.325 e. The molecule has 0 saturated carbocycles. The number of nitrogens with one attached hydrogen (secondary N) is 2. The Morgan fingerprint density at radius 3 is 2.59 bits per heavy atom. The summed E-state index contributed by atoms with van der Waals surface area (Å²) in [5.74, 6) is 1.43. The number of amides is 4. The Morgan fingerprint density at radius 2 is 2.00 bits per heavy atom. The lowest BCUT2D eigenvalue weighted by molar-refractivity contribution is -0.130. The van der Waals surface area contributed by atoms with E-state index in [9.17, 15) is 14.4 Å². The maximum atomic E-state index is 12.1. The van der Waals surface area contributed by atoms with Gasteiger partial charge in [-0.15, -0.1) is 12.3 Å². The van der Waals surface area contributed by atoms with Crippen LogP contribution in [0.25, 0.3) is 0 Å². The molecule has 22 heavy (non-hydrogen) atoms. The summed E-state index contributed by atoms with van der Waals surface area (Å²) in [6, 6.07) is 4.30. The van der Waals surface area contributed by atoms with E-state index in [0.717, 1.165) is 16.0 Å². The zero-order valence-electron chi connectivity index (χ0n) is 12.5. The van der Waals surface area contributed by atoms with Crippen LogP contribution >= 0.6 is 0 Å². The van der Waals surface area contributed by atoms with E-state index in [1.807, 2.05) is 32.0 Å². The number of nitrogens with zero attached hydrogens (tertiary/aromatic N) is 1. The molecule has 0 bridgehead atoms. The normalized spacial score (nSPS) is 17.1. The van der Waals surface area contributed by atoms with Crippen LogP contribution in [0, 0.1) is 26.2 Å². The van der Waals surface area contributed by atoms with Gasteiger partial charge in [-0.1, -0.05) is 18.2 Å². The molecule has 0 spiro atoms. The third-order valence-electron chi connectivity index (χ3n) is 3.48. The summed E-state index contributed by atoms with van der Waals surface area (Å²) in [6.07, 6.45) is 5.26. The second-order valence-electron chi connectivity index (χ2n) is 5.15. The maximum Gasteiger partial charge on any atom is 0.325 e. The van der Waals surface area contributed by atoms with E-state index in [2.05, 4.69) is 16.6 Å². The van der Waals surface area contributed by atoms with Crippen LogP contribution in [-0.2, 0) is 9.59 Å². The number of hydrogen-bond acceptors (Lipinski definition) is 3. The summed E-state index contributed by atoms with van der Waals surface area (Å²) in [4.78, 5) is 36.7. The summed E-state index contributed by atoms with van der Waals surface area (Å²) in [6.45, 7) is 3.41. The van der Waals surface area contributed by atoms with Gasteiger partial charge in [-0.3, -0.25) is 14.5 Å². The van der Waals surface area contributed by atoms with Gasteiger partial charge in [0.1, 0.15) is 12.6 Å². The molecule has 1 aromatic carbocycles. The van der Waals surface area contributed by atoms with Gasteiger partial charge in [0.15, 0.2) is 0 Å². The molecule has 1 atom stereocenters. The molecule has 1 heterocycles. The van der Waals surface area contributed by atoms with Gasteiger partial charge in [-0.05, 0) is 25.0 Å². The Balaban J connectivity index is 2.05. The maximum absolute atomic E-state index is 12.1. The first-order chi connectivity index (χ1) is 10.4. The largest absolute Gasteiger partial charge is 0.325 e. The van der Waals surface area contributed by atoms with Gasteiger partial charge >= 0.3 is 6.03 Å². The topological polar surface area (TPSA) is 78.5 Å². The smallest absolute Gasteiger partial charge is 0.325 e. The molecule has 1 aromatic rings. The Bertz CT molecular complexity index is 655. The van der Waals surface area contributed by atoms with Crippen LogP contribution in [0.1, 0.15) is 17.5 Å². The van der Waals surface area contributed by atoms with Gasteiger partial charge in [-0.25, -0.2) is 4.79 Å². The molecule has 114 valence electrons. The van der Waals surface area contributed by atoms with E-state index >= 15 is 0 Å². The number of aryl methyl sites for hydroxylation is 2. The average Bonchev–Trinajstić information content (AvgIpc) is 2.71. The molecular weight excluding hydrogens is 282 g/mol. The molecule has 6 nitrogen and oxygen atoms in total. The van der Waals surface area contributed by atoms with E-state index in [-0.39, 0.29) is 13.0 Å². The van der Waals surface area contributed by atoms with Crippen molar-refractivity contribution in [2.24, 2.45) is 0 Å². The number of carbonyl (C=O) groups excluding carboxylic acids is 3. The number of benzene rings is 1. The number of terminal acetylenes is 1. The van der Waals surface area contributed by atoms with Crippen LogP contribution in [0.5, 0.6) is 0 Å². The van der Waals surface area contributed by atoms with Crippen molar-refractivity contribution in [3.63, 3.8) is 0 Å². The number of para-hydroxylation sites is 1. The highest BCUT2D eigenvalue weighted by Gasteiger charge is 2.38. The van der Waals surface area contributed by atoms with Gasteiger partial charge in [0, 0.05) is 12.1 Å². The quantitative estimate of drug-likeness (QED) is 0.647. The van der Waals surface area contributed by atoms with Crippen molar-refractivity contribution in [1.29, 1.82) is 0 Å². The number of anilines is 1. The molecule has 1 saturated heterocycles. The van der Waals surface area contributed by atoms with Gasteiger partial charge in [0.05, 0.1) is 0 Å². The fraction of sp³-hybridized carbons (Fsp3) is 0.312. The zero-order chi connectivity index (χ0) is 16.3. The lowest BCUT2D eigenvalue weighted by Crippen LogP contribution is -2.38. The van der Waals surface area contributed by atoms with Gasteiger partial charge < -0.3 is 10.6 Å². The molecule has 0 radical (unpaired) electrons. The van der Waals surface area contributed by atoms with Gasteiger partial charge in [0.2, 0.25) is 5.91 Å². The SMILES string of the molecule is C#CC[C@@H]1NC(=O)N(CC(=O)Nc2c(C)cccc2C)C1=O. The molecule has 2 rings (SSSR count). The molecule has 1 aliphatic heterocycles. The molecule has 2 N–H and O–H groups in total. The molecule has 0 aliphatic carbocycles. The number of imide groups is 1. The summed E-state index contributed by atoms with van der Waals surface area (Å²) in [5.41, 5.74) is 2.52. The number of urea groups is 1. The highest BCUT2D eigenvalue weighted by molar-refractivity contribution is 6.08. The first-order valence-electron chi connectivity index (χ1n) is 6.85.